The normalized spacial score (nSPS) is 39.5. The van der Waals surface area contributed by atoms with Crippen LogP contribution in [0, 0.1) is 0 Å². The molecule has 0 saturated carbocycles. The first-order valence-corrected chi connectivity index (χ1v) is 3.40. The minimum atomic E-state index is -0.665. The largest absolute Gasteiger partial charge is 0.190 e. The first kappa shape index (κ1) is 5.36. The van der Waals surface area contributed by atoms with Gasteiger partial charge in [0.05, 0.1) is 0 Å². The van der Waals surface area contributed by atoms with Crippen molar-refractivity contribution < 1.29 is 0 Å². The van der Waals surface area contributed by atoms with E-state index in [0.29, 0.717) is 0 Å². The van der Waals surface area contributed by atoms with Crippen molar-refractivity contribution in [1.82, 2.24) is 0 Å². The van der Waals surface area contributed by atoms with Crippen molar-refractivity contribution in [1.29, 1.82) is 0 Å². The Kier molecular flexibility index (Phi) is 1.20. The van der Waals surface area contributed by atoms with E-state index in [0.717, 1.165) is 0 Å². The summed E-state index contributed by atoms with van der Waals surface area (Å²) in [7, 11) is 0. The van der Waals surface area contributed by atoms with Crippen molar-refractivity contribution in [3.8, 4) is 0 Å². The van der Waals surface area contributed by atoms with Gasteiger partial charge in [0.25, 0.3) is 0 Å². The molecule has 0 spiro atoms. The van der Waals surface area contributed by atoms with Crippen LogP contribution in [0.5, 0.6) is 0 Å². The Labute approximate surface area is 55.1 Å². The third-order valence-corrected chi connectivity index (χ3v) is 3.50. The Morgan fingerprint density at radius 3 is 1.67 bits per heavy atom. The quantitative estimate of drug-likeness (QED) is 0.390. The van der Waals surface area contributed by atoms with Crippen molar-refractivity contribution in [3.63, 3.8) is 0 Å². The van der Waals surface area contributed by atoms with Gasteiger partial charge in [-0.25, -0.2) is 0 Å². The van der Waals surface area contributed by atoms with E-state index in [-0.39, 0.29) is 4.71 Å². The number of halogens is 3. The van der Waals surface area contributed by atoms with Crippen molar-refractivity contribution in [2.75, 3.05) is 0 Å². The molecule has 36 valence electrons. The summed E-state index contributed by atoms with van der Waals surface area (Å²) < 4.78 is -0.748. The summed E-state index contributed by atoms with van der Waals surface area (Å²) >= 11 is 17.5. The molecule has 1 rings (SSSR count). The van der Waals surface area contributed by atoms with Gasteiger partial charge in [-0.15, -0.1) is 11.6 Å². The summed E-state index contributed by atoms with van der Waals surface area (Å²) in [5.74, 6) is 0. The fraction of sp³-hybridized carbons (Fsp3) is 1.00. The van der Waals surface area contributed by atoms with E-state index in [1.54, 1.807) is 0 Å². The lowest BCUT2D eigenvalue weighted by atomic mass is 10.9. The molecule has 4 heteroatoms. The fourth-order valence-corrected chi connectivity index (χ4v) is 1.54. The van der Waals surface area contributed by atoms with Crippen molar-refractivity contribution in [2.45, 2.75) is 8.37 Å². The van der Waals surface area contributed by atoms with Crippen LogP contribution in [0.4, 0.5) is 0 Å². The number of hydrogen-bond donors (Lipinski definition) is 0. The van der Waals surface area contributed by atoms with E-state index in [1.807, 2.05) is 0 Å². The third kappa shape index (κ3) is 0.890. The maximum absolute atomic E-state index is 5.39. The van der Waals surface area contributed by atoms with Crippen LogP contribution < -0.4 is 0 Å². The van der Waals surface area contributed by atoms with Gasteiger partial charge in [-0.2, -0.15) is 0 Å². The number of rotatable bonds is 0. The monoisotopic (exact) mass is 162 g/mol. The summed E-state index contributed by atoms with van der Waals surface area (Å²) in [4.78, 5) is 0. The molecule has 1 aliphatic rings. The van der Waals surface area contributed by atoms with Gasteiger partial charge >= 0.3 is 0 Å². The predicted molar refractivity (Wildman–Crippen MR) is 31.7 cm³/mol. The second-order valence-corrected chi connectivity index (χ2v) is 4.88. The third-order valence-electron chi connectivity index (χ3n) is 0.468. The molecule has 0 aromatic rings. The Hall–Kier alpha value is 1.22. The molecule has 1 heterocycles. The molecule has 0 radical (unpaired) electrons. The molecule has 1 atom stereocenters. The van der Waals surface area contributed by atoms with E-state index >= 15 is 0 Å². The van der Waals surface area contributed by atoms with Crippen molar-refractivity contribution in [3.05, 3.63) is 0 Å². The molecular weight excluding hydrogens is 162 g/mol. The average molecular weight is 163 g/mol. The predicted octanol–water partition coefficient (Wildman–Crippen LogP) is 2.43. The molecule has 1 aliphatic heterocycles. The topological polar surface area (TPSA) is 0 Å². The van der Waals surface area contributed by atoms with Gasteiger partial charge in [0.2, 0.25) is 0 Å². The molecule has 1 unspecified atom stereocenters. The van der Waals surface area contributed by atoms with Gasteiger partial charge in [0, 0.05) is 0 Å². The summed E-state index contributed by atoms with van der Waals surface area (Å²) in [5.41, 5.74) is 0. The van der Waals surface area contributed by atoms with E-state index in [4.69, 9.17) is 34.8 Å². The molecule has 0 aromatic heterocycles. The summed E-state index contributed by atoms with van der Waals surface area (Å²) in [6.07, 6.45) is 0. The van der Waals surface area contributed by atoms with Crippen LogP contribution in [0.25, 0.3) is 0 Å². The lowest BCUT2D eigenvalue weighted by molar-refractivity contribution is 1.39. The Morgan fingerprint density at radius 2 is 1.67 bits per heavy atom. The average Bonchev–Trinajstić information content (AvgIpc) is 1.73. The standard InChI is InChI=1S/C2HCl3S/c3-1-2(4,5)6-1/h1H. The van der Waals surface area contributed by atoms with Gasteiger partial charge in [-0.1, -0.05) is 35.0 Å². The van der Waals surface area contributed by atoms with E-state index < -0.39 is 3.67 Å². The maximum atomic E-state index is 5.39. The molecule has 0 bridgehead atoms. The molecule has 1 saturated heterocycles. The minimum Gasteiger partial charge on any atom is -0.107 e. The molecule has 0 nitrogen and oxygen atoms in total. The van der Waals surface area contributed by atoms with Crippen LogP contribution in [0.1, 0.15) is 0 Å². The van der Waals surface area contributed by atoms with E-state index in [9.17, 15) is 0 Å². The van der Waals surface area contributed by atoms with E-state index in [2.05, 4.69) is 0 Å². The number of hydrogen-bond acceptors (Lipinski definition) is 1. The fourth-order valence-electron chi connectivity index (χ4n) is 0.104. The van der Waals surface area contributed by atoms with Gasteiger partial charge in [-0.3, -0.25) is 0 Å². The van der Waals surface area contributed by atoms with Crippen LogP contribution in [-0.2, 0) is 0 Å². The summed E-state index contributed by atoms with van der Waals surface area (Å²) in [6.45, 7) is 0. The van der Waals surface area contributed by atoms with E-state index in [1.165, 1.54) is 11.8 Å². The highest BCUT2D eigenvalue weighted by Crippen LogP contribution is 2.62. The van der Waals surface area contributed by atoms with Gasteiger partial charge in [0.15, 0.2) is 3.67 Å². The first-order chi connectivity index (χ1) is 2.63. The number of thioether (sulfide) groups is 1. The van der Waals surface area contributed by atoms with Crippen LogP contribution in [0.15, 0.2) is 0 Å². The van der Waals surface area contributed by atoms with Gasteiger partial charge < -0.3 is 0 Å². The van der Waals surface area contributed by atoms with Gasteiger partial charge in [-0.05, 0) is 0 Å². The van der Waals surface area contributed by atoms with Crippen molar-refractivity contribution >= 4 is 46.6 Å². The van der Waals surface area contributed by atoms with Crippen LogP contribution in [0.2, 0.25) is 0 Å². The second-order valence-electron chi connectivity index (χ2n) is 0.996. The maximum Gasteiger partial charge on any atom is 0.190 e. The van der Waals surface area contributed by atoms with Gasteiger partial charge in [0.1, 0.15) is 4.71 Å². The molecule has 0 aromatic carbocycles. The number of alkyl halides is 3. The molecule has 0 aliphatic carbocycles. The van der Waals surface area contributed by atoms with Crippen LogP contribution in [-0.4, -0.2) is 8.37 Å². The second kappa shape index (κ2) is 1.35. The molecule has 6 heavy (non-hydrogen) atoms. The molecular formula is C2HCl3S. The highest BCUT2D eigenvalue weighted by molar-refractivity contribution is 8.13. The lowest BCUT2D eigenvalue weighted by Gasteiger charge is -1.80. The zero-order chi connectivity index (χ0) is 4.78. The Balaban J connectivity index is 2.41. The Bertz CT molecular complexity index is 71.2. The molecule has 0 amide bonds. The summed E-state index contributed by atoms with van der Waals surface area (Å²) in [5, 5.41) is 0. The van der Waals surface area contributed by atoms with Crippen LogP contribution >= 0.6 is 46.6 Å². The lowest BCUT2D eigenvalue weighted by Crippen LogP contribution is -1.83. The highest BCUT2D eigenvalue weighted by atomic mass is 35.5. The Morgan fingerprint density at radius 1 is 1.50 bits per heavy atom. The zero-order valence-electron chi connectivity index (χ0n) is 2.62. The first-order valence-electron chi connectivity index (χ1n) is 1.32. The smallest absolute Gasteiger partial charge is 0.107 e. The van der Waals surface area contributed by atoms with Crippen molar-refractivity contribution in [2.24, 2.45) is 0 Å². The molecule has 0 N–H and O–H groups in total. The minimum absolute atomic E-state index is 0.0826. The van der Waals surface area contributed by atoms with Crippen LogP contribution in [0.3, 0.4) is 0 Å². The zero-order valence-corrected chi connectivity index (χ0v) is 5.70. The molecule has 1 fully saturated rings. The highest BCUT2D eigenvalue weighted by Gasteiger charge is 2.52. The summed E-state index contributed by atoms with van der Waals surface area (Å²) in [6, 6.07) is 0. The SMILES string of the molecule is ClC1SC1(Cl)Cl.